The van der Waals surface area contributed by atoms with Gasteiger partial charge < -0.3 is 9.47 Å². The number of hydrogen-bond donors (Lipinski definition) is 0. The van der Waals surface area contributed by atoms with Gasteiger partial charge in [-0.2, -0.15) is 4.31 Å². The average Bonchev–Trinajstić information content (AvgIpc) is 2.73. The van der Waals surface area contributed by atoms with Gasteiger partial charge in [0.05, 0.1) is 4.90 Å². The third kappa shape index (κ3) is 3.67. The highest BCUT2D eigenvalue weighted by atomic mass is 32.2. The molecule has 2 heterocycles. The van der Waals surface area contributed by atoms with Crippen molar-refractivity contribution in [2.45, 2.75) is 17.9 Å². The molecule has 2 aromatic carbocycles. The van der Waals surface area contributed by atoms with Gasteiger partial charge in [-0.25, -0.2) is 8.42 Å². The smallest absolute Gasteiger partial charge is 0.243 e. The summed E-state index contributed by atoms with van der Waals surface area (Å²) in [6.07, 6.45) is 0. The predicted octanol–water partition coefficient (Wildman–Crippen LogP) is 2.53. The number of nitrogens with zero attached hydrogens (tertiary/aromatic N) is 2. The van der Waals surface area contributed by atoms with Gasteiger partial charge in [0, 0.05) is 38.3 Å². The fraction of sp³-hybridized carbons (Fsp3) is 0.400. The number of sulfonamides is 1. The Morgan fingerprint density at radius 1 is 0.889 bits per heavy atom. The van der Waals surface area contributed by atoms with E-state index >= 15 is 0 Å². The second-order valence-corrected chi connectivity index (χ2v) is 8.77. The van der Waals surface area contributed by atoms with Gasteiger partial charge in [0.25, 0.3) is 0 Å². The summed E-state index contributed by atoms with van der Waals surface area (Å²) in [6, 6.07) is 15.4. The largest absolute Gasteiger partial charge is 0.486 e. The van der Waals surface area contributed by atoms with Crippen LogP contribution in [0.15, 0.2) is 53.4 Å². The molecule has 1 atom stereocenters. The van der Waals surface area contributed by atoms with Gasteiger partial charge in [0.1, 0.15) is 13.2 Å². The molecule has 144 valence electrons. The standard InChI is InChI=1S/C20H24N2O4S/c1-16(17-5-3-2-4-6-17)21-9-11-22(12-10-21)27(23,24)18-7-8-19-20(15-18)26-14-13-25-19/h2-8,15-16H,9-14H2,1H3. The summed E-state index contributed by atoms with van der Waals surface area (Å²) >= 11 is 0. The zero-order valence-electron chi connectivity index (χ0n) is 15.4. The first-order valence-corrected chi connectivity index (χ1v) is 10.7. The van der Waals surface area contributed by atoms with Crippen molar-refractivity contribution in [1.82, 2.24) is 9.21 Å². The van der Waals surface area contributed by atoms with Gasteiger partial charge in [-0.3, -0.25) is 4.90 Å². The molecule has 1 unspecified atom stereocenters. The van der Waals surface area contributed by atoms with E-state index in [0.29, 0.717) is 50.9 Å². The topological polar surface area (TPSA) is 59.1 Å². The minimum atomic E-state index is -3.54. The van der Waals surface area contributed by atoms with E-state index in [1.165, 1.54) is 5.56 Å². The number of fused-ring (bicyclic) bond motifs is 1. The van der Waals surface area contributed by atoms with E-state index in [0.717, 1.165) is 0 Å². The first kappa shape index (κ1) is 18.3. The lowest BCUT2D eigenvalue weighted by Gasteiger charge is -2.37. The van der Waals surface area contributed by atoms with Gasteiger partial charge in [-0.15, -0.1) is 0 Å². The van der Waals surface area contributed by atoms with Gasteiger partial charge in [0.15, 0.2) is 11.5 Å². The van der Waals surface area contributed by atoms with E-state index < -0.39 is 10.0 Å². The molecule has 0 saturated carbocycles. The summed E-state index contributed by atoms with van der Waals surface area (Å²) in [5.74, 6) is 1.10. The van der Waals surface area contributed by atoms with E-state index in [2.05, 4.69) is 24.0 Å². The summed E-state index contributed by atoms with van der Waals surface area (Å²) < 4.78 is 38.6. The van der Waals surface area contributed by atoms with Crippen LogP contribution in [-0.2, 0) is 10.0 Å². The Morgan fingerprint density at radius 2 is 1.56 bits per heavy atom. The molecule has 6 nitrogen and oxygen atoms in total. The van der Waals surface area contributed by atoms with Crippen molar-refractivity contribution >= 4 is 10.0 Å². The van der Waals surface area contributed by atoms with Gasteiger partial charge in [-0.1, -0.05) is 30.3 Å². The molecule has 27 heavy (non-hydrogen) atoms. The monoisotopic (exact) mass is 388 g/mol. The zero-order valence-corrected chi connectivity index (χ0v) is 16.2. The number of rotatable bonds is 4. The molecule has 1 fully saturated rings. The molecular formula is C20H24N2O4S. The maximum atomic E-state index is 13.0. The van der Waals surface area contributed by atoms with E-state index in [1.807, 2.05) is 18.2 Å². The summed E-state index contributed by atoms with van der Waals surface area (Å²) in [7, 11) is -3.54. The molecule has 0 N–H and O–H groups in total. The highest BCUT2D eigenvalue weighted by Crippen LogP contribution is 2.33. The summed E-state index contributed by atoms with van der Waals surface area (Å²) in [6.45, 7) is 5.47. The molecule has 4 rings (SSSR count). The Labute approximate surface area is 160 Å². The highest BCUT2D eigenvalue weighted by Gasteiger charge is 2.31. The lowest BCUT2D eigenvalue weighted by molar-refractivity contribution is 0.145. The third-order valence-electron chi connectivity index (χ3n) is 5.25. The highest BCUT2D eigenvalue weighted by molar-refractivity contribution is 7.89. The summed E-state index contributed by atoms with van der Waals surface area (Å²) in [5, 5.41) is 0. The fourth-order valence-corrected chi connectivity index (χ4v) is 5.04. The number of ether oxygens (including phenoxy) is 2. The quantitative estimate of drug-likeness (QED) is 0.806. The van der Waals surface area contributed by atoms with Crippen LogP contribution in [0.25, 0.3) is 0 Å². The van der Waals surface area contributed by atoms with Crippen molar-refractivity contribution in [3.8, 4) is 11.5 Å². The van der Waals surface area contributed by atoms with Crippen molar-refractivity contribution in [3.05, 3.63) is 54.1 Å². The van der Waals surface area contributed by atoms with E-state index in [9.17, 15) is 8.42 Å². The SMILES string of the molecule is CC(c1ccccc1)N1CCN(S(=O)(=O)c2ccc3c(c2)OCCO3)CC1. The van der Waals surface area contributed by atoms with Crippen LogP contribution in [0.1, 0.15) is 18.5 Å². The van der Waals surface area contributed by atoms with Crippen LogP contribution < -0.4 is 9.47 Å². The lowest BCUT2D eigenvalue weighted by Crippen LogP contribution is -2.49. The molecule has 0 radical (unpaired) electrons. The molecule has 2 aliphatic rings. The normalized spacial score (nSPS) is 19.6. The van der Waals surface area contributed by atoms with Gasteiger partial charge >= 0.3 is 0 Å². The third-order valence-corrected chi connectivity index (χ3v) is 7.15. The summed E-state index contributed by atoms with van der Waals surface area (Å²) in [5.41, 5.74) is 1.25. The molecule has 1 saturated heterocycles. The fourth-order valence-electron chi connectivity index (χ4n) is 3.61. The molecule has 0 aromatic heterocycles. The van der Waals surface area contributed by atoms with Crippen LogP contribution in [0.5, 0.6) is 11.5 Å². The Balaban J connectivity index is 1.46. The molecule has 0 bridgehead atoms. The lowest BCUT2D eigenvalue weighted by atomic mass is 10.1. The Bertz CT molecular complexity index is 893. The van der Waals surface area contributed by atoms with Crippen molar-refractivity contribution in [1.29, 1.82) is 0 Å². The average molecular weight is 388 g/mol. The summed E-state index contributed by atoms with van der Waals surface area (Å²) in [4.78, 5) is 2.59. The van der Waals surface area contributed by atoms with Crippen molar-refractivity contribution < 1.29 is 17.9 Å². The Kier molecular flexibility index (Phi) is 5.08. The molecule has 7 heteroatoms. The second kappa shape index (κ2) is 7.50. The minimum Gasteiger partial charge on any atom is -0.486 e. The van der Waals surface area contributed by atoms with Crippen LogP contribution in [-0.4, -0.2) is 57.0 Å². The molecule has 0 aliphatic carbocycles. The predicted molar refractivity (Wildman–Crippen MR) is 103 cm³/mol. The molecule has 2 aromatic rings. The molecule has 0 spiro atoms. The second-order valence-electron chi connectivity index (χ2n) is 6.83. The van der Waals surface area contributed by atoms with Crippen LogP contribution in [0, 0.1) is 0 Å². The maximum absolute atomic E-state index is 13.0. The van der Waals surface area contributed by atoms with Gasteiger partial charge in [-0.05, 0) is 24.6 Å². The van der Waals surface area contributed by atoms with Gasteiger partial charge in [0.2, 0.25) is 10.0 Å². The number of benzene rings is 2. The van der Waals surface area contributed by atoms with Crippen LogP contribution in [0.4, 0.5) is 0 Å². The molecular weight excluding hydrogens is 364 g/mol. The van der Waals surface area contributed by atoms with E-state index in [4.69, 9.17) is 9.47 Å². The first-order chi connectivity index (χ1) is 13.1. The van der Waals surface area contributed by atoms with E-state index in [-0.39, 0.29) is 10.9 Å². The number of hydrogen-bond acceptors (Lipinski definition) is 5. The number of piperazine rings is 1. The van der Waals surface area contributed by atoms with Crippen LogP contribution in [0.3, 0.4) is 0 Å². The van der Waals surface area contributed by atoms with E-state index in [1.54, 1.807) is 22.5 Å². The molecule has 0 amide bonds. The Morgan fingerprint density at radius 3 is 2.26 bits per heavy atom. The van der Waals surface area contributed by atoms with Crippen LogP contribution >= 0.6 is 0 Å². The minimum absolute atomic E-state index is 0.260. The zero-order chi connectivity index (χ0) is 18.9. The van der Waals surface area contributed by atoms with Crippen LogP contribution in [0.2, 0.25) is 0 Å². The maximum Gasteiger partial charge on any atom is 0.243 e. The van der Waals surface area contributed by atoms with Crippen molar-refractivity contribution in [3.63, 3.8) is 0 Å². The van der Waals surface area contributed by atoms with Crippen molar-refractivity contribution in [2.75, 3.05) is 39.4 Å². The first-order valence-electron chi connectivity index (χ1n) is 9.24. The molecule has 2 aliphatic heterocycles. The van der Waals surface area contributed by atoms with Crippen molar-refractivity contribution in [2.24, 2.45) is 0 Å². The Hall–Kier alpha value is -2.09.